The van der Waals surface area contributed by atoms with Crippen LogP contribution in [0.5, 0.6) is 5.75 Å². The van der Waals surface area contributed by atoms with Crippen LogP contribution in [-0.2, 0) is 4.79 Å². The molecule has 1 aliphatic rings. The minimum absolute atomic E-state index is 0.0653. The Hall–Kier alpha value is -1.35. The van der Waals surface area contributed by atoms with Gasteiger partial charge in [-0.3, -0.25) is 4.79 Å². The summed E-state index contributed by atoms with van der Waals surface area (Å²) in [5.74, 6) is 0.931. The molecule has 0 saturated carbocycles. The number of nitrogens with zero attached hydrogens (tertiary/aromatic N) is 1. The molecule has 0 bridgehead atoms. The van der Waals surface area contributed by atoms with Gasteiger partial charge < -0.3 is 10.0 Å². The second-order valence-electron chi connectivity index (χ2n) is 5.18. The number of Topliss-reactive ketones (excluding diaryl/α,β-unsaturated/α-hetero) is 1. The molecule has 2 unspecified atom stereocenters. The average Bonchev–Trinajstić information content (AvgIpc) is 2.37. The lowest BCUT2D eigenvalue weighted by Gasteiger charge is -2.36. The zero-order valence-electron chi connectivity index (χ0n) is 11.1. The number of benzene rings is 1. The van der Waals surface area contributed by atoms with Crippen LogP contribution >= 0.6 is 0 Å². The highest BCUT2D eigenvalue weighted by atomic mass is 16.3. The van der Waals surface area contributed by atoms with Crippen molar-refractivity contribution in [2.45, 2.75) is 25.7 Å². The molecule has 1 heterocycles. The van der Waals surface area contributed by atoms with E-state index in [2.05, 4.69) is 11.9 Å². The van der Waals surface area contributed by atoms with E-state index in [4.69, 9.17) is 0 Å². The molecule has 0 spiro atoms. The molecule has 3 heteroatoms. The summed E-state index contributed by atoms with van der Waals surface area (Å²) in [6.45, 7) is 3.76. The molecule has 1 fully saturated rings. The Labute approximate surface area is 108 Å². The van der Waals surface area contributed by atoms with Crippen LogP contribution in [0.15, 0.2) is 24.3 Å². The van der Waals surface area contributed by atoms with E-state index in [0.29, 0.717) is 12.2 Å². The SMILES string of the molecule is CCC(=O)C1CN(C)CCC1c1cccc(O)c1. The quantitative estimate of drug-likeness (QED) is 0.891. The molecule has 1 aliphatic heterocycles. The third-order valence-corrected chi connectivity index (χ3v) is 3.88. The maximum Gasteiger partial charge on any atom is 0.137 e. The van der Waals surface area contributed by atoms with Crippen LogP contribution < -0.4 is 0 Å². The summed E-state index contributed by atoms with van der Waals surface area (Å²) < 4.78 is 0. The smallest absolute Gasteiger partial charge is 0.137 e. The molecular formula is C15H21NO2. The number of likely N-dealkylation sites (tertiary alicyclic amines) is 1. The highest BCUT2D eigenvalue weighted by molar-refractivity contribution is 5.82. The maximum absolute atomic E-state index is 12.1. The van der Waals surface area contributed by atoms with Crippen LogP contribution in [0.3, 0.4) is 0 Å². The first-order valence-electron chi connectivity index (χ1n) is 6.62. The standard InChI is InChI=1S/C15H21NO2/c1-3-15(18)14-10-16(2)8-7-13(14)11-5-4-6-12(17)9-11/h4-6,9,13-14,17H,3,7-8,10H2,1-2H3. The van der Waals surface area contributed by atoms with E-state index in [1.165, 1.54) is 0 Å². The third kappa shape index (κ3) is 2.72. The predicted molar refractivity (Wildman–Crippen MR) is 71.7 cm³/mol. The highest BCUT2D eigenvalue weighted by Crippen LogP contribution is 2.34. The monoisotopic (exact) mass is 247 g/mol. The van der Waals surface area contributed by atoms with E-state index >= 15 is 0 Å². The van der Waals surface area contributed by atoms with Gasteiger partial charge in [-0.05, 0) is 43.6 Å². The Morgan fingerprint density at radius 3 is 2.94 bits per heavy atom. The number of hydrogen-bond acceptors (Lipinski definition) is 3. The summed E-state index contributed by atoms with van der Waals surface area (Å²) >= 11 is 0. The van der Waals surface area contributed by atoms with E-state index < -0.39 is 0 Å². The number of phenols is 1. The molecule has 0 amide bonds. The van der Waals surface area contributed by atoms with Gasteiger partial charge in [-0.1, -0.05) is 19.1 Å². The van der Waals surface area contributed by atoms with E-state index in [0.717, 1.165) is 25.1 Å². The van der Waals surface area contributed by atoms with Gasteiger partial charge in [-0.15, -0.1) is 0 Å². The number of phenolic OH excluding ortho intramolecular Hbond substituents is 1. The minimum Gasteiger partial charge on any atom is -0.508 e. The Morgan fingerprint density at radius 2 is 2.28 bits per heavy atom. The zero-order chi connectivity index (χ0) is 13.1. The van der Waals surface area contributed by atoms with Crippen molar-refractivity contribution < 1.29 is 9.90 Å². The van der Waals surface area contributed by atoms with Crippen molar-refractivity contribution in [3.8, 4) is 5.75 Å². The number of hydrogen-bond donors (Lipinski definition) is 1. The first-order valence-corrected chi connectivity index (χ1v) is 6.62. The van der Waals surface area contributed by atoms with Gasteiger partial charge in [-0.25, -0.2) is 0 Å². The topological polar surface area (TPSA) is 40.5 Å². The normalized spacial score (nSPS) is 25.0. The van der Waals surface area contributed by atoms with Crippen LogP contribution in [0, 0.1) is 5.92 Å². The number of ketones is 1. The molecule has 98 valence electrons. The van der Waals surface area contributed by atoms with Crippen LogP contribution in [0.4, 0.5) is 0 Å². The summed E-state index contributed by atoms with van der Waals surface area (Å²) in [5.41, 5.74) is 1.09. The Bertz CT molecular complexity index is 430. The Morgan fingerprint density at radius 1 is 1.50 bits per heavy atom. The molecule has 1 aromatic rings. The van der Waals surface area contributed by atoms with E-state index in [1.807, 2.05) is 19.1 Å². The minimum atomic E-state index is 0.0653. The van der Waals surface area contributed by atoms with Crippen LogP contribution in [0.25, 0.3) is 0 Å². The van der Waals surface area contributed by atoms with Crippen LogP contribution in [-0.4, -0.2) is 35.9 Å². The summed E-state index contributed by atoms with van der Waals surface area (Å²) in [7, 11) is 2.06. The van der Waals surface area contributed by atoms with Crippen molar-refractivity contribution in [2.75, 3.05) is 20.1 Å². The molecule has 18 heavy (non-hydrogen) atoms. The van der Waals surface area contributed by atoms with Crippen molar-refractivity contribution in [3.63, 3.8) is 0 Å². The average molecular weight is 247 g/mol. The number of carbonyl (C=O) groups is 1. The van der Waals surface area contributed by atoms with Gasteiger partial charge in [0.05, 0.1) is 0 Å². The zero-order valence-corrected chi connectivity index (χ0v) is 11.1. The lowest BCUT2D eigenvalue weighted by Crippen LogP contribution is -2.40. The van der Waals surface area contributed by atoms with Gasteiger partial charge in [0.15, 0.2) is 0 Å². The number of aromatic hydroxyl groups is 1. The number of rotatable bonds is 3. The van der Waals surface area contributed by atoms with E-state index in [9.17, 15) is 9.90 Å². The predicted octanol–water partition coefficient (Wildman–Crippen LogP) is 2.41. The second kappa shape index (κ2) is 5.53. The lowest BCUT2D eigenvalue weighted by atomic mass is 9.78. The number of piperidine rings is 1. The van der Waals surface area contributed by atoms with Gasteiger partial charge >= 0.3 is 0 Å². The van der Waals surface area contributed by atoms with Gasteiger partial charge in [0.25, 0.3) is 0 Å². The molecule has 3 nitrogen and oxygen atoms in total. The van der Waals surface area contributed by atoms with Gasteiger partial charge in [0.1, 0.15) is 11.5 Å². The fourth-order valence-corrected chi connectivity index (χ4v) is 2.86. The maximum atomic E-state index is 12.1. The lowest BCUT2D eigenvalue weighted by molar-refractivity contribution is -0.124. The summed E-state index contributed by atoms with van der Waals surface area (Å²) in [6, 6.07) is 7.35. The fraction of sp³-hybridized carbons (Fsp3) is 0.533. The fourth-order valence-electron chi connectivity index (χ4n) is 2.86. The van der Waals surface area contributed by atoms with E-state index in [1.54, 1.807) is 12.1 Å². The van der Waals surface area contributed by atoms with Gasteiger partial charge in [-0.2, -0.15) is 0 Å². The van der Waals surface area contributed by atoms with Crippen molar-refractivity contribution in [1.29, 1.82) is 0 Å². The Kier molecular flexibility index (Phi) is 4.02. The van der Waals surface area contributed by atoms with Crippen LogP contribution in [0.2, 0.25) is 0 Å². The van der Waals surface area contributed by atoms with Gasteiger partial charge in [0, 0.05) is 18.9 Å². The van der Waals surface area contributed by atoms with Crippen molar-refractivity contribution in [3.05, 3.63) is 29.8 Å². The summed E-state index contributed by atoms with van der Waals surface area (Å²) in [6.07, 6.45) is 1.57. The molecule has 1 aromatic carbocycles. The van der Waals surface area contributed by atoms with Crippen LogP contribution in [0.1, 0.15) is 31.2 Å². The highest BCUT2D eigenvalue weighted by Gasteiger charge is 2.33. The van der Waals surface area contributed by atoms with Crippen molar-refractivity contribution in [2.24, 2.45) is 5.92 Å². The van der Waals surface area contributed by atoms with Crippen molar-refractivity contribution in [1.82, 2.24) is 4.90 Å². The largest absolute Gasteiger partial charge is 0.508 e. The molecular weight excluding hydrogens is 226 g/mol. The van der Waals surface area contributed by atoms with E-state index in [-0.39, 0.29) is 17.6 Å². The van der Waals surface area contributed by atoms with Crippen molar-refractivity contribution >= 4 is 5.78 Å². The molecule has 0 aliphatic carbocycles. The summed E-state index contributed by atoms with van der Waals surface area (Å²) in [4.78, 5) is 14.3. The first-order chi connectivity index (χ1) is 8.61. The summed E-state index contributed by atoms with van der Waals surface area (Å²) in [5, 5.41) is 9.58. The Balaban J connectivity index is 2.26. The molecule has 0 radical (unpaired) electrons. The molecule has 2 rings (SSSR count). The number of carbonyl (C=O) groups excluding carboxylic acids is 1. The molecule has 2 atom stereocenters. The molecule has 1 saturated heterocycles. The first kappa shape index (κ1) is 13.1. The third-order valence-electron chi connectivity index (χ3n) is 3.88. The second-order valence-corrected chi connectivity index (χ2v) is 5.18. The van der Waals surface area contributed by atoms with Gasteiger partial charge in [0.2, 0.25) is 0 Å². The molecule has 0 aromatic heterocycles. The molecule has 1 N–H and O–H groups in total.